The Morgan fingerprint density at radius 1 is 1.15 bits per heavy atom. The normalized spacial score (nSPS) is 16.9. The molecule has 0 aliphatic carbocycles. The van der Waals surface area contributed by atoms with E-state index in [2.05, 4.69) is 15.1 Å². The van der Waals surface area contributed by atoms with E-state index in [0.717, 1.165) is 29.3 Å². The maximum Gasteiger partial charge on any atom is 0.254 e. The molecule has 0 bridgehead atoms. The molecule has 0 spiro atoms. The molecule has 27 heavy (non-hydrogen) atoms. The monoisotopic (exact) mass is 358 g/mol. The fraction of sp³-hybridized carbons (Fsp3) is 0.190. The first-order valence-electron chi connectivity index (χ1n) is 9.07. The Kier molecular flexibility index (Phi) is 3.74. The number of nitrogens with zero attached hydrogens (tertiary/aromatic N) is 3. The van der Waals surface area contributed by atoms with Crippen LogP contribution in [-0.4, -0.2) is 32.5 Å². The van der Waals surface area contributed by atoms with Crippen molar-refractivity contribution in [2.24, 2.45) is 0 Å². The number of amides is 1. The van der Waals surface area contributed by atoms with Crippen LogP contribution in [0.25, 0.3) is 22.3 Å². The Balaban J connectivity index is 1.43. The summed E-state index contributed by atoms with van der Waals surface area (Å²) in [5.41, 5.74) is 2.53. The zero-order chi connectivity index (χ0) is 18.2. The number of fused-ring (bicyclic) bond motifs is 1. The molecule has 4 aromatic rings. The lowest BCUT2D eigenvalue weighted by Gasteiger charge is -2.22. The second-order valence-electron chi connectivity index (χ2n) is 6.76. The molecular formula is C21H18N4O2. The quantitative estimate of drug-likeness (QED) is 0.596. The highest BCUT2D eigenvalue weighted by molar-refractivity contribution is 5.98. The van der Waals surface area contributed by atoms with Crippen molar-refractivity contribution in [2.45, 2.75) is 18.9 Å². The van der Waals surface area contributed by atoms with Crippen LogP contribution < -0.4 is 0 Å². The largest absolute Gasteiger partial charge is 0.361 e. The highest BCUT2D eigenvalue weighted by Crippen LogP contribution is 2.33. The van der Waals surface area contributed by atoms with Gasteiger partial charge in [-0.1, -0.05) is 41.6 Å². The molecule has 1 amide bonds. The van der Waals surface area contributed by atoms with E-state index >= 15 is 0 Å². The third-order valence-electron chi connectivity index (χ3n) is 5.07. The smallest absolute Gasteiger partial charge is 0.254 e. The van der Waals surface area contributed by atoms with E-state index in [9.17, 15) is 4.79 Å². The lowest BCUT2D eigenvalue weighted by molar-refractivity contribution is 0.0710. The molecule has 134 valence electrons. The predicted octanol–water partition coefficient (Wildman–Crippen LogP) is 4.20. The van der Waals surface area contributed by atoms with Crippen LogP contribution >= 0.6 is 0 Å². The summed E-state index contributed by atoms with van der Waals surface area (Å²) < 4.78 is 5.52. The van der Waals surface area contributed by atoms with Crippen LogP contribution in [0.2, 0.25) is 0 Å². The summed E-state index contributed by atoms with van der Waals surface area (Å²) in [6.45, 7) is 0.690. The molecule has 1 saturated heterocycles. The lowest BCUT2D eigenvalue weighted by atomic mass is 10.1. The number of aromatic amines is 1. The number of benzene rings is 2. The summed E-state index contributed by atoms with van der Waals surface area (Å²) in [7, 11) is 0. The van der Waals surface area contributed by atoms with Crippen molar-refractivity contribution in [2.75, 3.05) is 6.54 Å². The summed E-state index contributed by atoms with van der Waals surface area (Å²) in [6, 6.07) is 17.3. The average molecular weight is 358 g/mol. The number of carbonyl (C=O) groups excluding carboxylic acids is 1. The van der Waals surface area contributed by atoms with Crippen LogP contribution in [0.1, 0.15) is 35.1 Å². The molecule has 3 heterocycles. The van der Waals surface area contributed by atoms with Crippen molar-refractivity contribution in [1.82, 2.24) is 20.0 Å². The molecule has 0 saturated carbocycles. The summed E-state index contributed by atoms with van der Waals surface area (Å²) in [5.74, 6) is 1.05. The highest BCUT2D eigenvalue weighted by Gasteiger charge is 2.34. The maximum atomic E-state index is 13.1. The number of hydrogen-bond acceptors (Lipinski definition) is 4. The first-order valence-corrected chi connectivity index (χ1v) is 9.07. The number of rotatable bonds is 3. The van der Waals surface area contributed by atoms with Gasteiger partial charge in [0, 0.05) is 29.4 Å². The van der Waals surface area contributed by atoms with E-state index < -0.39 is 0 Å². The van der Waals surface area contributed by atoms with Gasteiger partial charge in [-0.15, -0.1) is 0 Å². The van der Waals surface area contributed by atoms with E-state index in [0.29, 0.717) is 23.8 Å². The molecular weight excluding hydrogens is 340 g/mol. The van der Waals surface area contributed by atoms with Crippen molar-refractivity contribution >= 4 is 16.8 Å². The number of hydrogen-bond donors (Lipinski definition) is 1. The zero-order valence-corrected chi connectivity index (χ0v) is 14.6. The fourth-order valence-electron chi connectivity index (χ4n) is 3.69. The minimum Gasteiger partial charge on any atom is -0.361 e. The second kappa shape index (κ2) is 6.39. The molecule has 6 heteroatoms. The van der Waals surface area contributed by atoms with Gasteiger partial charge in [0.15, 0.2) is 0 Å². The van der Waals surface area contributed by atoms with Gasteiger partial charge in [-0.3, -0.25) is 4.79 Å². The highest BCUT2D eigenvalue weighted by atomic mass is 16.5. The van der Waals surface area contributed by atoms with Gasteiger partial charge < -0.3 is 14.4 Å². The molecule has 1 aliphatic rings. The van der Waals surface area contributed by atoms with Gasteiger partial charge in [-0.05, 0) is 36.4 Å². The Hall–Kier alpha value is -3.41. The Morgan fingerprint density at radius 3 is 2.93 bits per heavy atom. The van der Waals surface area contributed by atoms with Crippen molar-refractivity contribution in [3.8, 4) is 11.4 Å². The molecule has 0 unspecified atom stereocenters. The predicted molar refractivity (Wildman–Crippen MR) is 101 cm³/mol. The van der Waals surface area contributed by atoms with Crippen LogP contribution in [0.3, 0.4) is 0 Å². The minimum atomic E-state index is -0.179. The molecule has 2 aromatic heterocycles. The van der Waals surface area contributed by atoms with Gasteiger partial charge in [0.1, 0.15) is 6.04 Å². The van der Waals surface area contributed by atoms with Crippen LogP contribution in [0.4, 0.5) is 0 Å². The van der Waals surface area contributed by atoms with Crippen molar-refractivity contribution < 1.29 is 9.32 Å². The van der Waals surface area contributed by atoms with Crippen LogP contribution in [0.15, 0.2) is 65.3 Å². The maximum absolute atomic E-state index is 13.1. The van der Waals surface area contributed by atoms with Gasteiger partial charge in [0.25, 0.3) is 5.91 Å². The van der Waals surface area contributed by atoms with E-state index in [1.165, 1.54) is 0 Å². The standard InChI is InChI=1S/C21H18N4O2/c26-21(16-9-8-14-10-11-22-17(14)13-16)25-12-4-7-18(25)20-23-19(24-27-20)15-5-2-1-3-6-15/h1-3,5-6,8-11,13,18,22H,4,7,12H2/t18-/m1/s1. The molecule has 1 atom stereocenters. The van der Waals surface area contributed by atoms with Gasteiger partial charge in [-0.2, -0.15) is 4.98 Å². The SMILES string of the molecule is O=C(c1ccc2cc[nH]c2c1)N1CCC[C@@H]1c1nc(-c2ccccc2)no1. The number of aromatic nitrogens is 3. The van der Waals surface area contributed by atoms with E-state index in [4.69, 9.17) is 4.52 Å². The third-order valence-corrected chi connectivity index (χ3v) is 5.07. The first-order chi connectivity index (χ1) is 13.3. The Bertz CT molecular complexity index is 1100. The Morgan fingerprint density at radius 2 is 2.04 bits per heavy atom. The van der Waals surface area contributed by atoms with Crippen LogP contribution in [0.5, 0.6) is 0 Å². The molecule has 1 aliphatic heterocycles. The van der Waals surface area contributed by atoms with Gasteiger partial charge in [-0.25, -0.2) is 0 Å². The summed E-state index contributed by atoms with van der Waals surface area (Å²) in [5, 5.41) is 5.19. The zero-order valence-electron chi connectivity index (χ0n) is 14.6. The minimum absolute atomic E-state index is 0.00605. The van der Waals surface area contributed by atoms with Crippen molar-refractivity contribution in [1.29, 1.82) is 0 Å². The summed E-state index contributed by atoms with van der Waals surface area (Å²) in [6.07, 6.45) is 3.62. The van der Waals surface area contributed by atoms with Gasteiger partial charge in [0.2, 0.25) is 11.7 Å². The van der Waals surface area contributed by atoms with Crippen LogP contribution in [-0.2, 0) is 0 Å². The summed E-state index contributed by atoms with van der Waals surface area (Å²) >= 11 is 0. The number of carbonyl (C=O) groups is 1. The van der Waals surface area contributed by atoms with Crippen LogP contribution in [0, 0.1) is 0 Å². The molecule has 1 N–H and O–H groups in total. The van der Waals surface area contributed by atoms with Crippen molar-refractivity contribution in [3.05, 3.63) is 72.2 Å². The summed E-state index contributed by atoms with van der Waals surface area (Å²) in [4.78, 5) is 22.6. The fourth-order valence-corrected chi connectivity index (χ4v) is 3.69. The molecule has 2 aromatic carbocycles. The molecule has 6 nitrogen and oxygen atoms in total. The molecule has 1 fully saturated rings. The molecule has 5 rings (SSSR count). The topological polar surface area (TPSA) is 75.0 Å². The van der Waals surface area contributed by atoms with Crippen molar-refractivity contribution in [3.63, 3.8) is 0 Å². The lowest BCUT2D eigenvalue weighted by Crippen LogP contribution is -2.30. The van der Waals surface area contributed by atoms with E-state index in [-0.39, 0.29) is 11.9 Å². The number of H-pyrrole nitrogens is 1. The third kappa shape index (κ3) is 2.79. The average Bonchev–Trinajstić information content (AvgIpc) is 3.47. The number of likely N-dealkylation sites (tertiary alicyclic amines) is 1. The second-order valence-corrected chi connectivity index (χ2v) is 6.76. The van der Waals surface area contributed by atoms with Gasteiger partial charge >= 0.3 is 0 Å². The van der Waals surface area contributed by atoms with E-state index in [1.54, 1.807) is 0 Å². The van der Waals surface area contributed by atoms with Gasteiger partial charge in [0.05, 0.1) is 0 Å². The molecule has 0 radical (unpaired) electrons. The first kappa shape index (κ1) is 15.8. The number of nitrogens with one attached hydrogen (secondary N) is 1. The van der Waals surface area contributed by atoms with E-state index in [1.807, 2.05) is 65.7 Å². The Labute approximate surface area is 155 Å².